The van der Waals surface area contributed by atoms with E-state index in [1.165, 1.54) is 4.90 Å². The summed E-state index contributed by atoms with van der Waals surface area (Å²) in [6.45, 7) is 1.81. The molecule has 2 rings (SSSR count). The van der Waals surface area contributed by atoms with Crippen LogP contribution in [0.5, 0.6) is 0 Å². The summed E-state index contributed by atoms with van der Waals surface area (Å²) in [6, 6.07) is 7.64. The van der Waals surface area contributed by atoms with Gasteiger partial charge in [0.1, 0.15) is 11.9 Å². The second-order valence-corrected chi connectivity index (χ2v) is 5.02. The molecule has 1 fully saturated rings. The fraction of sp³-hybridized carbons (Fsp3) is 0.467. The van der Waals surface area contributed by atoms with Crippen molar-refractivity contribution in [1.29, 1.82) is 0 Å². The predicted octanol–water partition coefficient (Wildman–Crippen LogP) is 1.92. The zero-order valence-electron chi connectivity index (χ0n) is 11.5. The van der Waals surface area contributed by atoms with E-state index < -0.39 is 12.2 Å². The highest BCUT2D eigenvalue weighted by atomic mass is 16.6. The summed E-state index contributed by atoms with van der Waals surface area (Å²) in [4.78, 5) is 24.0. The number of ether oxygens (including phenoxy) is 1. The molecule has 0 saturated carbocycles. The molecule has 1 heterocycles. The van der Waals surface area contributed by atoms with E-state index in [0.29, 0.717) is 13.0 Å². The van der Waals surface area contributed by atoms with Gasteiger partial charge in [-0.3, -0.25) is 4.90 Å². The summed E-state index contributed by atoms with van der Waals surface area (Å²) < 4.78 is 5.00. The van der Waals surface area contributed by atoms with Crippen LogP contribution in [0.4, 0.5) is 10.5 Å². The molecule has 1 atom stereocenters. The maximum atomic E-state index is 11.6. The third-order valence-corrected chi connectivity index (χ3v) is 3.32. The Kier molecular flexibility index (Phi) is 4.74. The van der Waals surface area contributed by atoms with E-state index in [9.17, 15) is 9.59 Å². The van der Waals surface area contributed by atoms with Crippen LogP contribution in [0.15, 0.2) is 24.3 Å². The van der Waals surface area contributed by atoms with Gasteiger partial charge in [0.25, 0.3) is 0 Å². The van der Waals surface area contributed by atoms with Crippen molar-refractivity contribution in [3.05, 3.63) is 29.8 Å². The molecule has 5 heteroatoms. The highest BCUT2D eigenvalue weighted by Crippen LogP contribution is 2.22. The minimum Gasteiger partial charge on any atom is -0.441 e. The van der Waals surface area contributed by atoms with Gasteiger partial charge >= 0.3 is 6.09 Å². The van der Waals surface area contributed by atoms with Crippen LogP contribution in [-0.4, -0.2) is 36.2 Å². The molecule has 1 aliphatic heterocycles. The number of Topliss-reactive ketones (excluding diaryl/α,β-unsaturated/α-hetero) is 1. The lowest BCUT2D eigenvalue weighted by Gasteiger charge is -2.13. The molecular weight excluding hydrogens is 258 g/mol. The Hall–Kier alpha value is -1.88. The number of amides is 1. The fourth-order valence-electron chi connectivity index (χ4n) is 2.21. The summed E-state index contributed by atoms with van der Waals surface area (Å²) in [6.07, 6.45) is 1.42. The van der Waals surface area contributed by atoms with Crippen molar-refractivity contribution in [2.45, 2.75) is 32.3 Å². The second-order valence-electron chi connectivity index (χ2n) is 5.02. The lowest BCUT2D eigenvalue weighted by Crippen LogP contribution is -2.25. The van der Waals surface area contributed by atoms with Crippen molar-refractivity contribution >= 4 is 17.6 Å². The summed E-state index contributed by atoms with van der Waals surface area (Å²) in [5.41, 5.74) is 1.91. The highest BCUT2D eigenvalue weighted by molar-refractivity contribution is 5.89. The Balaban J connectivity index is 1.94. The number of benzene rings is 1. The van der Waals surface area contributed by atoms with Crippen LogP contribution >= 0.6 is 0 Å². The second kappa shape index (κ2) is 6.52. The number of rotatable bonds is 6. The molecule has 0 bridgehead atoms. The van der Waals surface area contributed by atoms with E-state index in [1.807, 2.05) is 24.3 Å². The number of carbonyl (C=O) groups is 2. The monoisotopic (exact) mass is 277 g/mol. The Morgan fingerprint density at radius 1 is 1.40 bits per heavy atom. The lowest BCUT2D eigenvalue weighted by molar-refractivity contribution is -0.117. The molecule has 108 valence electrons. The Morgan fingerprint density at radius 3 is 2.65 bits per heavy atom. The van der Waals surface area contributed by atoms with Gasteiger partial charge in [0.2, 0.25) is 0 Å². The summed E-state index contributed by atoms with van der Waals surface area (Å²) in [7, 11) is 0. The Morgan fingerprint density at radius 2 is 2.10 bits per heavy atom. The molecular formula is C15H19NO4. The van der Waals surface area contributed by atoms with E-state index >= 15 is 0 Å². The number of hydrogen-bond donors (Lipinski definition) is 1. The molecule has 1 amide bonds. The Labute approximate surface area is 118 Å². The van der Waals surface area contributed by atoms with Gasteiger partial charge in [0, 0.05) is 12.1 Å². The topological polar surface area (TPSA) is 66.8 Å². The summed E-state index contributed by atoms with van der Waals surface area (Å²) in [5, 5.41) is 9.00. The smallest absolute Gasteiger partial charge is 0.414 e. The maximum Gasteiger partial charge on any atom is 0.414 e. The van der Waals surface area contributed by atoms with Gasteiger partial charge < -0.3 is 14.6 Å². The minimum absolute atomic E-state index is 0.161. The van der Waals surface area contributed by atoms with Crippen molar-refractivity contribution in [2.24, 2.45) is 0 Å². The first kappa shape index (κ1) is 14.5. The number of cyclic esters (lactones) is 1. The van der Waals surface area contributed by atoms with Gasteiger partial charge in [-0.2, -0.15) is 0 Å². The van der Waals surface area contributed by atoms with E-state index in [0.717, 1.165) is 24.1 Å². The van der Waals surface area contributed by atoms with Crippen molar-refractivity contribution in [2.75, 3.05) is 18.1 Å². The molecule has 0 aromatic heterocycles. The molecule has 1 aromatic rings. The van der Waals surface area contributed by atoms with Crippen molar-refractivity contribution in [3.63, 3.8) is 0 Å². The van der Waals surface area contributed by atoms with Crippen molar-refractivity contribution < 1.29 is 19.4 Å². The molecule has 1 unspecified atom stereocenters. The molecule has 1 N–H and O–H groups in total. The summed E-state index contributed by atoms with van der Waals surface area (Å²) in [5.74, 6) is 0.205. The molecule has 5 nitrogen and oxygen atoms in total. The highest BCUT2D eigenvalue weighted by Gasteiger charge is 2.31. The Bertz CT molecular complexity index is 483. The first-order valence-corrected chi connectivity index (χ1v) is 6.77. The van der Waals surface area contributed by atoms with E-state index in [-0.39, 0.29) is 12.4 Å². The number of aryl methyl sites for hydroxylation is 1. The van der Waals surface area contributed by atoms with Crippen LogP contribution in [0.3, 0.4) is 0 Å². The largest absolute Gasteiger partial charge is 0.441 e. The molecule has 0 spiro atoms. The molecule has 1 saturated heterocycles. The van der Waals surface area contributed by atoms with Crippen molar-refractivity contribution in [1.82, 2.24) is 0 Å². The normalized spacial score (nSPS) is 18.2. The zero-order chi connectivity index (χ0) is 14.5. The number of anilines is 1. The first-order valence-electron chi connectivity index (χ1n) is 6.77. The van der Waals surface area contributed by atoms with Gasteiger partial charge in [0.05, 0.1) is 13.2 Å². The van der Waals surface area contributed by atoms with Crippen LogP contribution in [0.25, 0.3) is 0 Å². The number of hydrogen-bond acceptors (Lipinski definition) is 4. The van der Waals surface area contributed by atoms with Gasteiger partial charge in [-0.15, -0.1) is 0 Å². The van der Waals surface area contributed by atoms with Crippen LogP contribution in [-0.2, 0) is 16.0 Å². The van der Waals surface area contributed by atoms with Gasteiger partial charge in [-0.25, -0.2) is 4.79 Å². The zero-order valence-corrected chi connectivity index (χ0v) is 11.5. The lowest BCUT2D eigenvalue weighted by atomic mass is 10.1. The van der Waals surface area contributed by atoms with Gasteiger partial charge in [-0.1, -0.05) is 12.1 Å². The van der Waals surface area contributed by atoms with Crippen LogP contribution in [0, 0.1) is 0 Å². The average Bonchev–Trinajstić information content (AvgIpc) is 2.80. The third-order valence-electron chi connectivity index (χ3n) is 3.32. The van der Waals surface area contributed by atoms with Gasteiger partial charge in [0.15, 0.2) is 0 Å². The maximum absolute atomic E-state index is 11.6. The molecule has 20 heavy (non-hydrogen) atoms. The van der Waals surface area contributed by atoms with E-state index in [1.54, 1.807) is 6.92 Å². The standard InChI is InChI=1S/C15H19NO4/c1-11(18)3-2-4-12-5-7-13(8-6-12)16-9-14(10-17)20-15(16)19/h5-8,14,17H,2-4,9-10H2,1H3. The number of nitrogens with zero attached hydrogens (tertiary/aromatic N) is 1. The number of aliphatic hydroxyl groups excluding tert-OH is 1. The SMILES string of the molecule is CC(=O)CCCc1ccc(N2CC(CO)OC2=O)cc1. The quantitative estimate of drug-likeness (QED) is 0.862. The number of aliphatic hydroxyl groups is 1. The van der Waals surface area contributed by atoms with E-state index in [2.05, 4.69) is 0 Å². The fourth-order valence-corrected chi connectivity index (χ4v) is 2.21. The van der Waals surface area contributed by atoms with Crippen molar-refractivity contribution in [3.8, 4) is 0 Å². The average molecular weight is 277 g/mol. The first-order chi connectivity index (χ1) is 9.60. The molecule has 0 radical (unpaired) electrons. The van der Waals surface area contributed by atoms with E-state index in [4.69, 9.17) is 9.84 Å². The van der Waals surface area contributed by atoms with Crippen LogP contribution < -0.4 is 4.90 Å². The third kappa shape index (κ3) is 3.57. The summed E-state index contributed by atoms with van der Waals surface area (Å²) >= 11 is 0. The number of carbonyl (C=O) groups excluding carboxylic acids is 2. The minimum atomic E-state index is -0.447. The number of ketones is 1. The molecule has 1 aromatic carbocycles. The molecule has 1 aliphatic rings. The van der Waals surface area contributed by atoms with Crippen LogP contribution in [0.1, 0.15) is 25.3 Å². The predicted molar refractivity (Wildman–Crippen MR) is 74.8 cm³/mol. The molecule has 0 aliphatic carbocycles. The van der Waals surface area contributed by atoms with Crippen LogP contribution in [0.2, 0.25) is 0 Å². The van der Waals surface area contributed by atoms with Gasteiger partial charge in [-0.05, 0) is 37.5 Å².